The highest BCUT2D eigenvalue weighted by Gasteiger charge is 2.31. The van der Waals surface area contributed by atoms with Gasteiger partial charge < -0.3 is 0 Å². The van der Waals surface area contributed by atoms with Gasteiger partial charge in [-0.3, -0.25) is 9.79 Å². The lowest BCUT2D eigenvalue weighted by atomic mass is 10.3. The smallest absolute Gasteiger partial charge is 0.266 e. The maximum absolute atomic E-state index is 11.5. The first-order valence-corrected chi connectivity index (χ1v) is 5.15. The van der Waals surface area contributed by atoms with Crippen LogP contribution in [0.2, 0.25) is 0 Å². The van der Waals surface area contributed by atoms with E-state index in [0.29, 0.717) is 13.1 Å². The van der Waals surface area contributed by atoms with E-state index in [0.717, 1.165) is 11.6 Å². The molecule has 2 rings (SSSR count). The summed E-state index contributed by atoms with van der Waals surface area (Å²) in [4.78, 5) is 16.2. The van der Waals surface area contributed by atoms with Crippen LogP contribution in [0, 0.1) is 0 Å². The second kappa shape index (κ2) is 4.61. The second-order valence-corrected chi connectivity index (χ2v) is 3.49. The largest absolute Gasteiger partial charge is 0.358 e. The van der Waals surface area contributed by atoms with Crippen molar-refractivity contribution in [2.24, 2.45) is 0 Å². The van der Waals surface area contributed by atoms with Crippen LogP contribution in [0.25, 0.3) is 0 Å². The van der Waals surface area contributed by atoms with Crippen molar-refractivity contribution < 1.29 is 9.79 Å². The van der Waals surface area contributed by atoms with Crippen LogP contribution in [0.3, 0.4) is 0 Å². The van der Waals surface area contributed by atoms with Crippen molar-refractivity contribution in [1.29, 1.82) is 0 Å². The minimum absolute atomic E-state index is 0.0540. The van der Waals surface area contributed by atoms with Crippen LogP contribution in [0.5, 0.6) is 0 Å². The molecule has 4 heteroatoms. The Morgan fingerprint density at radius 1 is 1.44 bits per heavy atom. The fraction of sp³-hybridized carbons (Fsp3) is 0.167. The minimum atomic E-state index is 0.0540. The number of benzene rings is 1. The third kappa shape index (κ3) is 2.11. The third-order valence-electron chi connectivity index (χ3n) is 2.33. The summed E-state index contributed by atoms with van der Waals surface area (Å²) in [5.74, 6) is 0.773. The normalized spacial score (nSPS) is 14.9. The van der Waals surface area contributed by atoms with Gasteiger partial charge in [0.1, 0.15) is 0 Å². The van der Waals surface area contributed by atoms with E-state index < -0.39 is 0 Å². The standard InChI is InChI=1S/C12H13N3O/c1-2-8-15-11(16)9-13-12(15)14-10-6-4-3-5-7-10/h2-7H,1,8-9H2,(H,13,14)/p+1. The molecule has 0 saturated heterocycles. The molecule has 0 radical (unpaired) electrons. The summed E-state index contributed by atoms with van der Waals surface area (Å²) in [7, 11) is 0. The molecule has 0 atom stereocenters. The van der Waals surface area contributed by atoms with E-state index in [1.807, 2.05) is 30.3 Å². The Morgan fingerprint density at radius 3 is 2.88 bits per heavy atom. The molecule has 82 valence electrons. The summed E-state index contributed by atoms with van der Waals surface area (Å²) < 4.78 is 0. The van der Waals surface area contributed by atoms with Crippen molar-refractivity contribution in [3.8, 4) is 0 Å². The van der Waals surface area contributed by atoms with Gasteiger partial charge in [0.25, 0.3) is 0 Å². The fourth-order valence-corrected chi connectivity index (χ4v) is 1.57. The zero-order chi connectivity index (χ0) is 11.4. The number of carbonyl (C=O) groups is 1. The molecular formula is C12H14N3O+. The predicted octanol–water partition coefficient (Wildman–Crippen LogP) is -0.437. The molecule has 0 spiro atoms. The van der Waals surface area contributed by atoms with Gasteiger partial charge in [0, 0.05) is 0 Å². The van der Waals surface area contributed by atoms with Gasteiger partial charge in [0.15, 0.2) is 6.54 Å². The molecule has 1 amide bonds. The van der Waals surface area contributed by atoms with E-state index in [4.69, 9.17) is 0 Å². The van der Waals surface area contributed by atoms with Gasteiger partial charge in [0.2, 0.25) is 0 Å². The fourth-order valence-electron chi connectivity index (χ4n) is 1.57. The number of guanidine groups is 1. The number of anilines is 1. The summed E-state index contributed by atoms with van der Waals surface area (Å²) in [6.07, 6.45) is 1.71. The van der Waals surface area contributed by atoms with E-state index >= 15 is 0 Å². The summed E-state index contributed by atoms with van der Waals surface area (Å²) in [5.41, 5.74) is 0.953. The number of rotatable bonds is 3. The topological polar surface area (TPSA) is 46.3 Å². The lowest BCUT2D eigenvalue weighted by Crippen LogP contribution is -2.72. The summed E-state index contributed by atoms with van der Waals surface area (Å²) in [5, 5.41) is 3.17. The highest BCUT2D eigenvalue weighted by atomic mass is 16.2. The van der Waals surface area contributed by atoms with Gasteiger partial charge in [0.05, 0.1) is 12.2 Å². The molecule has 4 nitrogen and oxygen atoms in total. The number of para-hydroxylation sites is 1. The molecule has 0 aliphatic carbocycles. The monoisotopic (exact) mass is 216 g/mol. The second-order valence-electron chi connectivity index (χ2n) is 3.49. The number of amides is 1. The first kappa shape index (κ1) is 10.4. The van der Waals surface area contributed by atoms with Crippen LogP contribution < -0.4 is 10.3 Å². The van der Waals surface area contributed by atoms with Crippen LogP contribution in [0.15, 0.2) is 43.0 Å². The van der Waals surface area contributed by atoms with Crippen molar-refractivity contribution in [2.45, 2.75) is 0 Å². The molecular weight excluding hydrogens is 202 g/mol. The van der Waals surface area contributed by atoms with Gasteiger partial charge in [-0.25, -0.2) is 5.32 Å². The van der Waals surface area contributed by atoms with Gasteiger partial charge in [-0.05, 0) is 12.1 Å². The van der Waals surface area contributed by atoms with Crippen molar-refractivity contribution in [3.05, 3.63) is 43.0 Å². The Labute approximate surface area is 94.3 Å². The number of nitrogens with zero attached hydrogens (tertiary/aromatic N) is 1. The summed E-state index contributed by atoms with van der Waals surface area (Å²) in [6, 6.07) is 9.73. The zero-order valence-corrected chi connectivity index (χ0v) is 8.94. The molecule has 1 aliphatic heterocycles. The lowest BCUT2D eigenvalue weighted by Gasteiger charge is -2.09. The van der Waals surface area contributed by atoms with Gasteiger partial charge >= 0.3 is 11.9 Å². The summed E-state index contributed by atoms with van der Waals surface area (Å²) in [6.45, 7) is 4.49. The Balaban J connectivity index is 2.10. The van der Waals surface area contributed by atoms with Crippen LogP contribution in [-0.2, 0) is 4.79 Å². The van der Waals surface area contributed by atoms with Gasteiger partial charge in [-0.2, -0.15) is 4.90 Å². The first-order valence-electron chi connectivity index (χ1n) is 5.15. The molecule has 0 saturated carbocycles. The lowest BCUT2D eigenvalue weighted by molar-refractivity contribution is -0.438. The first-order chi connectivity index (χ1) is 7.81. The highest BCUT2D eigenvalue weighted by molar-refractivity contribution is 6.04. The molecule has 2 N–H and O–H groups in total. The van der Waals surface area contributed by atoms with E-state index in [9.17, 15) is 4.79 Å². The molecule has 0 bridgehead atoms. The molecule has 1 aromatic rings. The number of hydrogen-bond acceptors (Lipinski definition) is 2. The minimum Gasteiger partial charge on any atom is -0.266 e. The van der Waals surface area contributed by atoms with Crippen LogP contribution in [0.1, 0.15) is 0 Å². The molecule has 0 unspecified atom stereocenters. The molecule has 16 heavy (non-hydrogen) atoms. The van der Waals surface area contributed by atoms with Gasteiger partial charge in [-0.15, -0.1) is 0 Å². The quantitative estimate of drug-likeness (QED) is 0.673. The average Bonchev–Trinajstić information content (AvgIpc) is 2.64. The van der Waals surface area contributed by atoms with E-state index in [-0.39, 0.29) is 5.91 Å². The molecule has 0 aromatic heterocycles. The molecule has 1 aromatic carbocycles. The third-order valence-corrected chi connectivity index (χ3v) is 2.33. The maximum Gasteiger partial charge on any atom is 0.358 e. The maximum atomic E-state index is 11.5. The Hall–Kier alpha value is -2.10. The van der Waals surface area contributed by atoms with Crippen LogP contribution in [-0.4, -0.2) is 29.9 Å². The molecule has 1 heterocycles. The average molecular weight is 216 g/mol. The summed E-state index contributed by atoms with van der Waals surface area (Å²) >= 11 is 0. The predicted molar refractivity (Wildman–Crippen MR) is 62.8 cm³/mol. The van der Waals surface area contributed by atoms with Gasteiger partial charge in [-0.1, -0.05) is 30.9 Å². The van der Waals surface area contributed by atoms with Crippen LogP contribution >= 0.6 is 0 Å². The van der Waals surface area contributed by atoms with Crippen molar-refractivity contribution in [2.75, 3.05) is 18.4 Å². The number of hydrogen-bond donors (Lipinski definition) is 2. The highest BCUT2D eigenvalue weighted by Crippen LogP contribution is 2.06. The Kier molecular flexibility index (Phi) is 3.00. The Morgan fingerprint density at radius 2 is 2.19 bits per heavy atom. The van der Waals surface area contributed by atoms with Crippen molar-refractivity contribution in [3.63, 3.8) is 0 Å². The van der Waals surface area contributed by atoms with Crippen molar-refractivity contribution >= 4 is 17.6 Å². The molecule has 0 fully saturated rings. The van der Waals surface area contributed by atoms with E-state index in [1.54, 1.807) is 11.0 Å². The zero-order valence-electron chi connectivity index (χ0n) is 8.94. The van der Waals surface area contributed by atoms with E-state index in [1.165, 1.54) is 0 Å². The Bertz CT molecular complexity index is 425. The SMILES string of the molecule is C=CCN1C(=O)C[NH+]=C1Nc1ccccc1. The van der Waals surface area contributed by atoms with E-state index in [2.05, 4.69) is 16.9 Å². The van der Waals surface area contributed by atoms with Crippen molar-refractivity contribution in [1.82, 2.24) is 4.90 Å². The van der Waals surface area contributed by atoms with Crippen LogP contribution in [0.4, 0.5) is 5.69 Å². The molecule has 1 aliphatic rings. The number of carbonyl (C=O) groups excluding carboxylic acids is 1. The number of nitrogens with one attached hydrogen (secondary N) is 2.